The van der Waals surface area contributed by atoms with E-state index in [0.29, 0.717) is 17.0 Å². The zero-order valence-electron chi connectivity index (χ0n) is 10.2. The van der Waals surface area contributed by atoms with E-state index in [4.69, 9.17) is 5.21 Å². The van der Waals surface area contributed by atoms with E-state index in [2.05, 4.69) is 10.5 Å². The molecule has 0 unspecified atom stereocenters. The molecule has 0 bridgehead atoms. The molecule has 7 heteroatoms. The van der Waals surface area contributed by atoms with E-state index in [1.165, 1.54) is 6.07 Å². The molecule has 0 radical (unpaired) electrons. The summed E-state index contributed by atoms with van der Waals surface area (Å²) in [4.78, 5) is 11.3. The highest BCUT2D eigenvalue weighted by atomic mass is 19.4. The summed E-state index contributed by atoms with van der Waals surface area (Å²) in [5.41, 5.74) is 1.26. The van der Waals surface area contributed by atoms with E-state index in [-0.39, 0.29) is 0 Å². The lowest BCUT2D eigenvalue weighted by atomic mass is 10.1. The summed E-state index contributed by atoms with van der Waals surface area (Å²) in [5, 5.41) is 14.0. The first-order valence-corrected chi connectivity index (χ1v) is 5.47. The second-order valence-electron chi connectivity index (χ2n) is 3.93. The minimum absolute atomic E-state index is 0.339. The number of hydrogen-bond donors (Lipinski definition) is 2. The summed E-state index contributed by atoms with van der Waals surface area (Å²) in [5.74, 6) is -0.715. The van der Waals surface area contributed by atoms with Gasteiger partial charge in [-0.15, -0.1) is 0 Å². The fraction of sp³-hybridized carbons (Fsp3) is 0.333. The molecule has 0 atom stereocenters. The van der Waals surface area contributed by atoms with Gasteiger partial charge in [-0.05, 0) is 19.1 Å². The minimum Gasteiger partial charge on any atom is -0.411 e. The van der Waals surface area contributed by atoms with Crippen LogP contribution in [0.2, 0.25) is 0 Å². The number of rotatable bonds is 4. The molecule has 0 aromatic heterocycles. The second kappa shape index (κ2) is 6.21. The van der Waals surface area contributed by atoms with Gasteiger partial charge in [0.05, 0.1) is 12.1 Å². The predicted molar refractivity (Wildman–Crippen MR) is 64.4 cm³/mol. The maximum absolute atomic E-state index is 11.9. The first-order chi connectivity index (χ1) is 8.81. The number of halogens is 3. The van der Waals surface area contributed by atoms with E-state index in [1.54, 1.807) is 25.1 Å². The first kappa shape index (κ1) is 15.0. The number of alkyl halides is 3. The molecule has 0 saturated heterocycles. The van der Waals surface area contributed by atoms with Gasteiger partial charge >= 0.3 is 6.18 Å². The molecule has 1 aromatic carbocycles. The van der Waals surface area contributed by atoms with Crippen molar-refractivity contribution < 1.29 is 23.2 Å². The molecule has 0 fully saturated rings. The summed E-state index contributed by atoms with van der Waals surface area (Å²) < 4.78 is 35.8. The highest BCUT2D eigenvalue weighted by molar-refractivity contribution is 6.00. The lowest BCUT2D eigenvalue weighted by Crippen LogP contribution is -2.16. The monoisotopic (exact) mass is 274 g/mol. The van der Waals surface area contributed by atoms with Crippen molar-refractivity contribution in [1.82, 2.24) is 0 Å². The molecule has 0 spiro atoms. The number of anilines is 1. The molecule has 1 amide bonds. The molecule has 104 valence electrons. The van der Waals surface area contributed by atoms with Crippen molar-refractivity contribution in [3.05, 3.63) is 29.8 Å². The second-order valence-corrected chi connectivity index (χ2v) is 3.93. The van der Waals surface area contributed by atoms with Gasteiger partial charge in [0.1, 0.15) is 0 Å². The Labute approximate surface area is 107 Å². The average molecular weight is 274 g/mol. The van der Waals surface area contributed by atoms with Crippen LogP contribution in [0.15, 0.2) is 29.4 Å². The zero-order valence-corrected chi connectivity index (χ0v) is 10.2. The Bertz CT molecular complexity index is 484. The van der Waals surface area contributed by atoms with Gasteiger partial charge in [0.2, 0.25) is 5.91 Å². The molecule has 4 nitrogen and oxygen atoms in total. The van der Waals surface area contributed by atoms with Crippen LogP contribution < -0.4 is 5.32 Å². The van der Waals surface area contributed by atoms with E-state index in [0.717, 1.165) is 0 Å². The average Bonchev–Trinajstić information content (AvgIpc) is 2.35. The van der Waals surface area contributed by atoms with Gasteiger partial charge in [0.25, 0.3) is 0 Å². The van der Waals surface area contributed by atoms with Gasteiger partial charge < -0.3 is 10.5 Å². The zero-order chi connectivity index (χ0) is 14.5. The van der Waals surface area contributed by atoms with E-state index in [1.807, 2.05) is 0 Å². The molecule has 19 heavy (non-hydrogen) atoms. The standard InChI is InChI=1S/C12H13F3N2O2/c1-8(17-19)9-3-2-4-10(7-9)16-11(18)5-6-12(13,14)15/h2-4,7,19H,5-6H2,1H3,(H,16,18). The van der Waals surface area contributed by atoms with Crippen LogP contribution in [-0.2, 0) is 4.79 Å². The number of hydrogen-bond acceptors (Lipinski definition) is 3. The number of carbonyl (C=O) groups is 1. The molecule has 0 aliphatic carbocycles. The number of amides is 1. The number of oxime groups is 1. The van der Waals surface area contributed by atoms with Crippen LogP contribution >= 0.6 is 0 Å². The van der Waals surface area contributed by atoms with E-state index < -0.39 is 24.9 Å². The quantitative estimate of drug-likeness (QED) is 0.503. The Morgan fingerprint density at radius 2 is 2.11 bits per heavy atom. The van der Waals surface area contributed by atoms with Crippen LogP contribution in [0.1, 0.15) is 25.3 Å². The lowest BCUT2D eigenvalue weighted by Gasteiger charge is -2.08. The summed E-state index contributed by atoms with van der Waals surface area (Å²) >= 11 is 0. The number of carbonyl (C=O) groups excluding carboxylic acids is 1. The third-order valence-corrected chi connectivity index (χ3v) is 2.35. The molecular formula is C12H13F3N2O2. The number of nitrogens with zero attached hydrogens (tertiary/aromatic N) is 1. The summed E-state index contributed by atoms with van der Waals surface area (Å²) in [6.07, 6.45) is -6.13. The largest absolute Gasteiger partial charge is 0.411 e. The third kappa shape index (κ3) is 5.41. The van der Waals surface area contributed by atoms with Gasteiger partial charge in [0, 0.05) is 17.7 Å². The van der Waals surface area contributed by atoms with Crippen molar-refractivity contribution in [2.75, 3.05) is 5.32 Å². The van der Waals surface area contributed by atoms with E-state index >= 15 is 0 Å². The number of benzene rings is 1. The Kier molecular flexibility index (Phi) is 4.91. The fourth-order valence-corrected chi connectivity index (χ4v) is 1.36. The normalized spacial score (nSPS) is 12.3. The number of nitrogens with one attached hydrogen (secondary N) is 1. The molecule has 1 aromatic rings. The van der Waals surface area contributed by atoms with Crippen LogP contribution in [0.3, 0.4) is 0 Å². The maximum Gasteiger partial charge on any atom is 0.389 e. The predicted octanol–water partition coefficient (Wildman–Crippen LogP) is 3.17. The fourth-order valence-electron chi connectivity index (χ4n) is 1.36. The molecule has 0 heterocycles. The summed E-state index contributed by atoms with van der Waals surface area (Å²) in [6.45, 7) is 1.56. The highest BCUT2D eigenvalue weighted by Gasteiger charge is 2.27. The lowest BCUT2D eigenvalue weighted by molar-refractivity contribution is -0.142. The van der Waals surface area contributed by atoms with Gasteiger partial charge in [-0.1, -0.05) is 17.3 Å². The van der Waals surface area contributed by atoms with Crippen molar-refractivity contribution in [2.24, 2.45) is 5.16 Å². The summed E-state index contributed by atoms with van der Waals surface area (Å²) in [7, 11) is 0. The summed E-state index contributed by atoms with van der Waals surface area (Å²) in [6, 6.07) is 6.31. The van der Waals surface area contributed by atoms with Crippen molar-refractivity contribution >= 4 is 17.3 Å². The molecule has 0 saturated carbocycles. The molecule has 2 N–H and O–H groups in total. The smallest absolute Gasteiger partial charge is 0.389 e. The molecule has 0 aliphatic heterocycles. The Hall–Kier alpha value is -2.05. The van der Waals surface area contributed by atoms with Crippen LogP contribution in [0.4, 0.5) is 18.9 Å². The molecule has 0 aliphatic rings. The van der Waals surface area contributed by atoms with Crippen LogP contribution in [0.5, 0.6) is 0 Å². The van der Waals surface area contributed by atoms with Crippen LogP contribution in [0, 0.1) is 0 Å². The topological polar surface area (TPSA) is 61.7 Å². The minimum atomic E-state index is -4.35. The van der Waals surface area contributed by atoms with E-state index in [9.17, 15) is 18.0 Å². The maximum atomic E-state index is 11.9. The highest BCUT2D eigenvalue weighted by Crippen LogP contribution is 2.21. The first-order valence-electron chi connectivity index (χ1n) is 5.47. The van der Waals surface area contributed by atoms with Gasteiger partial charge in [-0.25, -0.2) is 0 Å². The van der Waals surface area contributed by atoms with Crippen LogP contribution in [0.25, 0.3) is 0 Å². The van der Waals surface area contributed by atoms with Gasteiger partial charge in [-0.3, -0.25) is 4.79 Å². The van der Waals surface area contributed by atoms with Gasteiger partial charge in [-0.2, -0.15) is 13.2 Å². The van der Waals surface area contributed by atoms with Crippen LogP contribution in [-0.4, -0.2) is 23.0 Å². The van der Waals surface area contributed by atoms with Crippen molar-refractivity contribution in [3.8, 4) is 0 Å². The third-order valence-electron chi connectivity index (χ3n) is 2.35. The van der Waals surface area contributed by atoms with Crippen molar-refractivity contribution in [3.63, 3.8) is 0 Å². The van der Waals surface area contributed by atoms with Crippen molar-refractivity contribution in [1.29, 1.82) is 0 Å². The SMILES string of the molecule is CC(=NO)c1cccc(NC(=O)CCC(F)(F)F)c1. The Balaban J connectivity index is 2.65. The Morgan fingerprint density at radius 3 is 2.68 bits per heavy atom. The molecule has 1 rings (SSSR count). The van der Waals surface area contributed by atoms with Crippen molar-refractivity contribution in [2.45, 2.75) is 25.9 Å². The Morgan fingerprint density at radius 1 is 1.42 bits per heavy atom. The van der Waals surface area contributed by atoms with Gasteiger partial charge in [0.15, 0.2) is 0 Å². The molecular weight excluding hydrogens is 261 g/mol.